The van der Waals surface area contributed by atoms with E-state index in [0.29, 0.717) is 5.56 Å². The molecule has 0 fully saturated rings. The predicted octanol–water partition coefficient (Wildman–Crippen LogP) is 2.54. The number of hydrogen-bond donors (Lipinski definition) is 5. The third kappa shape index (κ3) is 3.53. The minimum Gasteiger partial charge on any atom is -0.508 e. The first kappa shape index (κ1) is 18.7. The molecular formula is C23H22O5. The Morgan fingerprint density at radius 1 is 0.964 bits per heavy atom. The Labute approximate surface area is 162 Å². The Hall–Kier alpha value is -2.70. The lowest BCUT2D eigenvalue weighted by Gasteiger charge is -2.13. The maximum atomic E-state index is 10.1. The van der Waals surface area contributed by atoms with Crippen LogP contribution in [0.1, 0.15) is 40.2 Å². The Morgan fingerprint density at radius 2 is 1.75 bits per heavy atom. The van der Waals surface area contributed by atoms with E-state index in [2.05, 4.69) is 12.2 Å². The van der Waals surface area contributed by atoms with Crippen molar-refractivity contribution in [2.75, 3.05) is 0 Å². The van der Waals surface area contributed by atoms with Crippen molar-refractivity contribution < 1.29 is 25.5 Å². The molecule has 0 aromatic heterocycles. The summed E-state index contributed by atoms with van der Waals surface area (Å²) in [5, 5.41) is 47.2. The Morgan fingerprint density at radius 3 is 2.46 bits per heavy atom. The minimum absolute atomic E-state index is 0.0131. The van der Waals surface area contributed by atoms with Crippen molar-refractivity contribution in [2.24, 2.45) is 0 Å². The van der Waals surface area contributed by atoms with Gasteiger partial charge in [0.2, 0.25) is 0 Å². The molecule has 5 heteroatoms. The van der Waals surface area contributed by atoms with Crippen LogP contribution in [-0.2, 0) is 6.42 Å². The molecule has 0 heterocycles. The second-order valence-corrected chi connectivity index (χ2v) is 7.20. The zero-order valence-corrected chi connectivity index (χ0v) is 15.2. The minimum atomic E-state index is -1.49. The first-order valence-electron chi connectivity index (χ1n) is 9.20. The van der Waals surface area contributed by atoms with E-state index >= 15 is 0 Å². The molecular weight excluding hydrogens is 356 g/mol. The Bertz CT molecular complexity index is 998. The molecule has 144 valence electrons. The molecule has 1 unspecified atom stereocenters. The number of rotatable bonds is 5. The number of aliphatic hydroxyl groups is 4. The van der Waals surface area contributed by atoms with Gasteiger partial charge in [0.25, 0.3) is 0 Å². The normalized spacial score (nSPS) is 18.0. The fraction of sp³-hybridized carbons (Fsp3) is 0.217. The molecule has 0 amide bonds. The summed E-state index contributed by atoms with van der Waals surface area (Å²) in [5.41, 5.74) is 6.49. The highest BCUT2D eigenvalue weighted by Crippen LogP contribution is 2.37. The van der Waals surface area contributed by atoms with Gasteiger partial charge in [-0.1, -0.05) is 48.6 Å². The molecule has 0 spiro atoms. The zero-order chi connectivity index (χ0) is 19.8. The summed E-state index contributed by atoms with van der Waals surface area (Å²) in [7, 11) is 0. The average molecular weight is 378 g/mol. The molecule has 0 saturated carbocycles. The first-order valence-corrected chi connectivity index (χ1v) is 9.20. The number of fused-ring (bicyclic) bond motifs is 1. The highest BCUT2D eigenvalue weighted by molar-refractivity contribution is 5.90. The number of phenols is 1. The van der Waals surface area contributed by atoms with Crippen molar-refractivity contribution in [1.82, 2.24) is 0 Å². The van der Waals surface area contributed by atoms with E-state index in [-0.39, 0.29) is 18.1 Å². The lowest BCUT2D eigenvalue weighted by Crippen LogP contribution is -2.14. The van der Waals surface area contributed by atoms with Crippen LogP contribution in [0.15, 0.2) is 54.6 Å². The van der Waals surface area contributed by atoms with Crippen LogP contribution in [-0.4, -0.2) is 38.1 Å². The molecule has 5 nitrogen and oxygen atoms in total. The molecule has 2 aromatic rings. The summed E-state index contributed by atoms with van der Waals surface area (Å²) in [6.07, 6.45) is 5.75. The average Bonchev–Trinajstić information content (AvgIpc) is 3.29. The van der Waals surface area contributed by atoms with Crippen molar-refractivity contribution in [3.8, 4) is 5.75 Å². The fourth-order valence-corrected chi connectivity index (χ4v) is 3.83. The van der Waals surface area contributed by atoms with E-state index in [4.69, 9.17) is 10.2 Å². The van der Waals surface area contributed by atoms with Crippen LogP contribution in [0.4, 0.5) is 0 Å². The fourth-order valence-electron chi connectivity index (χ4n) is 3.83. The SMILES string of the molecule is Oc1cc(C2=CC(c3ccc4c(c3)C=CC4C(O)O)=CC2)ccc1CC(O)O. The maximum Gasteiger partial charge on any atom is 0.161 e. The van der Waals surface area contributed by atoms with Crippen LogP contribution in [0, 0.1) is 0 Å². The second-order valence-electron chi connectivity index (χ2n) is 7.20. The van der Waals surface area contributed by atoms with Crippen LogP contribution >= 0.6 is 0 Å². The van der Waals surface area contributed by atoms with E-state index in [1.54, 1.807) is 18.2 Å². The van der Waals surface area contributed by atoms with Crippen LogP contribution in [0.5, 0.6) is 5.75 Å². The lowest BCUT2D eigenvalue weighted by atomic mass is 9.96. The summed E-state index contributed by atoms with van der Waals surface area (Å²) in [6, 6.07) is 11.2. The number of aromatic hydroxyl groups is 1. The molecule has 2 aliphatic carbocycles. The van der Waals surface area contributed by atoms with Crippen LogP contribution in [0.2, 0.25) is 0 Å². The number of hydrogen-bond acceptors (Lipinski definition) is 5. The van der Waals surface area contributed by atoms with Gasteiger partial charge in [-0.3, -0.25) is 0 Å². The highest BCUT2D eigenvalue weighted by Gasteiger charge is 2.23. The van der Waals surface area contributed by atoms with Gasteiger partial charge < -0.3 is 25.5 Å². The van der Waals surface area contributed by atoms with Crippen molar-refractivity contribution in [3.05, 3.63) is 82.4 Å². The molecule has 1 atom stereocenters. The van der Waals surface area contributed by atoms with Gasteiger partial charge in [-0.15, -0.1) is 0 Å². The van der Waals surface area contributed by atoms with Gasteiger partial charge in [-0.05, 0) is 57.5 Å². The topological polar surface area (TPSA) is 101 Å². The van der Waals surface area contributed by atoms with E-state index in [9.17, 15) is 15.3 Å². The van der Waals surface area contributed by atoms with Crippen molar-refractivity contribution in [1.29, 1.82) is 0 Å². The van der Waals surface area contributed by atoms with E-state index < -0.39 is 12.6 Å². The summed E-state index contributed by atoms with van der Waals surface area (Å²) >= 11 is 0. The Balaban J connectivity index is 1.56. The smallest absolute Gasteiger partial charge is 0.161 e. The summed E-state index contributed by atoms with van der Waals surface area (Å²) in [5.74, 6) is -0.331. The van der Waals surface area contributed by atoms with Crippen molar-refractivity contribution >= 4 is 17.2 Å². The molecule has 0 aliphatic heterocycles. The summed E-state index contributed by atoms with van der Waals surface area (Å²) < 4.78 is 0. The van der Waals surface area contributed by atoms with Gasteiger partial charge in [-0.2, -0.15) is 0 Å². The van der Waals surface area contributed by atoms with Crippen molar-refractivity contribution in [3.63, 3.8) is 0 Å². The van der Waals surface area contributed by atoms with E-state index in [1.165, 1.54) is 0 Å². The van der Waals surface area contributed by atoms with Gasteiger partial charge in [-0.25, -0.2) is 0 Å². The monoisotopic (exact) mass is 378 g/mol. The van der Waals surface area contributed by atoms with Crippen molar-refractivity contribution in [2.45, 2.75) is 31.3 Å². The molecule has 0 radical (unpaired) electrons. The molecule has 2 aromatic carbocycles. The molecule has 28 heavy (non-hydrogen) atoms. The third-order valence-corrected chi connectivity index (χ3v) is 5.31. The molecule has 0 bridgehead atoms. The van der Waals surface area contributed by atoms with Gasteiger partial charge >= 0.3 is 0 Å². The zero-order valence-electron chi connectivity index (χ0n) is 15.2. The number of aliphatic hydroxyl groups excluding tert-OH is 2. The van der Waals surface area contributed by atoms with Gasteiger partial charge in [0.05, 0.1) is 5.92 Å². The predicted molar refractivity (Wildman–Crippen MR) is 107 cm³/mol. The summed E-state index contributed by atoms with van der Waals surface area (Å²) in [4.78, 5) is 0. The standard InChI is InChI=1S/C23H22O5/c24-21-11-16(3-4-18(21)12-22(25)26)14-2-1-13(9-14)15-5-7-19-17(10-15)6-8-20(19)23(27)28/h1,3-11,20,22-28H,2,12H2. The van der Waals surface area contributed by atoms with Gasteiger partial charge in [0.15, 0.2) is 12.6 Å². The van der Waals surface area contributed by atoms with E-state index in [0.717, 1.165) is 39.8 Å². The summed E-state index contributed by atoms with van der Waals surface area (Å²) in [6.45, 7) is 0. The van der Waals surface area contributed by atoms with E-state index in [1.807, 2.05) is 30.3 Å². The molecule has 4 rings (SSSR count). The first-order chi connectivity index (χ1) is 13.4. The van der Waals surface area contributed by atoms with Crippen LogP contribution in [0.25, 0.3) is 17.2 Å². The molecule has 0 saturated heterocycles. The van der Waals surface area contributed by atoms with Gasteiger partial charge in [0, 0.05) is 6.42 Å². The lowest BCUT2D eigenvalue weighted by molar-refractivity contribution is -0.0490. The van der Waals surface area contributed by atoms with Gasteiger partial charge in [0.1, 0.15) is 5.75 Å². The quantitative estimate of drug-likeness (QED) is 0.515. The number of phenolic OH excluding ortho intramolecular Hbond substituents is 1. The molecule has 5 N–H and O–H groups in total. The third-order valence-electron chi connectivity index (χ3n) is 5.31. The largest absolute Gasteiger partial charge is 0.508 e. The Kier molecular flexibility index (Phi) is 4.91. The number of benzene rings is 2. The highest BCUT2D eigenvalue weighted by atomic mass is 16.5. The molecule has 2 aliphatic rings. The maximum absolute atomic E-state index is 10.1. The second kappa shape index (κ2) is 7.37. The van der Waals surface area contributed by atoms with Crippen LogP contribution < -0.4 is 0 Å². The van der Waals surface area contributed by atoms with Crippen LogP contribution in [0.3, 0.4) is 0 Å². The number of allylic oxidation sites excluding steroid dienone is 4.